The second kappa shape index (κ2) is 5.53. The van der Waals surface area contributed by atoms with Gasteiger partial charge in [0.1, 0.15) is 10.9 Å². The largest absolute Gasteiger partial charge is 0.468 e. The zero-order chi connectivity index (χ0) is 13.2. The summed E-state index contributed by atoms with van der Waals surface area (Å²) in [7, 11) is 0. The van der Waals surface area contributed by atoms with Gasteiger partial charge in [0.25, 0.3) is 0 Å². The molecule has 0 saturated heterocycles. The van der Waals surface area contributed by atoms with Crippen molar-refractivity contribution in [3.05, 3.63) is 52.2 Å². The average molecular weight is 297 g/mol. The number of furan rings is 1. The van der Waals surface area contributed by atoms with Gasteiger partial charge in [-0.15, -0.1) is 0 Å². The SMILES string of the molecule is Clc1cc(Cl)c(CN(Cc2ccco2)C2CC2)cn1. The molecule has 5 heteroatoms. The van der Waals surface area contributed by atoms with Gasteiger partial charge in [-0.05, 0) is 31.0 Å². The van der Waals surface area contributed by atoms with Crippen molar-refractivity contribution < 1.29 is 4.42 Å². The van der Waals surface area contributed by atoms with Crippen molar-refractivity contribution in [2.24, 2.45) is 0 Å². The van der Waals surface area contributed by atoms with Crippen LogP contribution in [-0.4, -0.2) is 15.9 Å². The molecule has 2 aromatic rings. The van der Waals surface area contributed by atoms with Gasteiger partial charge < -0.3 is 4.42 Å². The number of hydrogen-bond donors (Lipinski definition) is 0. The van der Waals surface area contributed by atoms with E-state index in [1.54, 1.807) is 18.5 Å². The zero-order valence-corrected chi connectivity index (χ0v) is 11.9. The molecule has 0 aliphatic heterocycles. The monoisotopic (exact) mass is 296 g/mol. The molecule has 1 saturated carbocycles. The summed E-state index contributed by atoms with van der Waals surface area (Å²) < 4.78 is 5.42. The first-order valence-corrected chi connectivity index (χ1v) is 7.04. The van der Waals surface area contributed by atoms with Crippen molar-refractivity contribution in [3.63, 3.8) is 0 Å². The Balaban J connectivity index is 1.74. The Morgan fingerprint density at radius 2 is 2.16 bits per heavy atom. The van der Waals surface area contributed by atoms with Crippen molar-refractivity contribution in [1.82, 2.24) is 9.88 Å². The Hall–Kier alpha value is -1.03. The fraction of sp³-hybridized carbons (Fsp3) is 0.357. The summed E-state index contributed by atoms with van der Waals surface area (Å²) in [6, 6.07) is 6.22. The average Bonchev–Trinajstić information content (AvgIpc) is 3.10. The van der Waals surface area contributed by atoms with Gasteiger partial charge in [-0.2, -0.15) is 0 Å². The molecule has 0 unspecified atom stereocenters. The minimum atomic E-state index is 0.428. The molecule has 3 rings (SSSR count). The smallest absolute Gasteiger partial charge is 0.130 e. The van der Waals surface area contributed by atoms with Gasteiger partial charge in [0.05, 0.1) is 12.8 Å². The molecule has 0 atom stereocenters. The zero-order valence-electron chi connectivity index (χ0n) is 10.4. The minimum Gasteiger partial charge on any atom is -0.468 e. The van der Waals surface area contributed by atoms with Crippen molar-refractivity contribution in [2.75, 3.05) is 0 Å². The number of halogens is 2. The van der Waals surface area contributed by atoms with Gasteiger partial charge in [0, 0.05) is 29.4 Å². The number of aromatic nitrogens is 1. The molecular formula is C14H14Cl2N2O. The van der Waals surface area contributed by atoms with Crippen LogP contribution in [0.25, 0.3) is 0 Å². The summed E-state index contributed by atoms with van der Waals surface area (Å²) in [5.74, 6) is 0.977. The van der Waals surface area contributed by atoms with E-state index in [-0.39, 0.29) is 0 Å². The molecule has 0 aromatic carbocycles. The number of rotatable bonds is 5. The lowest BCUT2D eigenvalue weighted by Crippen LogP contribution is -2.25. The van der Waals surface area contributed by atoms with Gasteiger partial charge in [-0.3, -0.25) is 4.90 Å². The number of nitrogens with zero attached hydrogens (tertiary/aromatic N) is 2. The van der Waals surface area contributed by atoms with Crippen molar-refractivity contribution >= 4 is 23.2 Å². The van der Waals surface area contributed by atoms with Gasteiger partial charge in [0.15, 0.2) is 0 Å². The fourth-order valence-corrected chi connectivity index (χ4v) is 2.55. The van der Waals surface area contributed by atoms with Crippen LogP contribution in [0.1, 0.15) is 24.2 Å². The molecule has 0 spiro atoms. The molecule has 2 heterocycles. The van der Waals surface area contributed by atoms with E-state index >= 15 is 0 Å². The summed E-state index contributed by atoms with van der Waals surface area (Å²) >= 11 is 12.0. The van der Waals surface area contributed by atoms with Crippen LogP contribution < -0.4 is 0 Å². The fourth-order valence-electron chi connectivity index (χ4n) is 2.13. The van der Waals surface area contributed by atoms with E-state index in [1.807, 2.05) is 12.1 Å². The molecule has 1 fully saturated rings. The molecule has 1 aliphatic carbocycles. The van der Waals surface area contributed by atoms with E-state index < -0.39 is 0 Å². The van der Waals surface area contributed by atoms with E-state index in [4.69, 9.17) is 27.6 Å². The van der Waals surface area contributed by atoms with Gasteiger partial charge in [0.2, 0.25) is 0 Å². The first kappa shape index (κ1) is 13.0. The lowest BCUT2D eigenvalue weighted by molar-refractivity contribution is 0.225. The molecule has 0 N–H and O–H groups in total. The third kappa shape index (κ3) is 3.30. The standard InChI is InChI=1S/C14H14Cl2N2O/c15-13-6-14(16)17-7-10(13)8-18(11-3-4-11)9-12-2-1-5-19-12/h1-2,5-7,11H,3-4,8-9H2. The topological polar surface area (TPSA) is 29.3 Å². The van der Waals surface area contributed by atoms with Gasteiger partial charge in [-0.25, -0.2) is 4.98 Å². The maximum absolute atomic E-state index is 6.21. The highest BCUT2D eigenvalue weighted by atomic mass is 35.5. The molecule has 0 bridgehead atoms. The molecule has 1 aliphatic rings. The third-order valence-electron chi connectivity index (χ3n) is 3.27. The van der Waals surface area contributed by atoms with Crippen LogP contribution in [0.15, 0.2) is 35.1 Å². The van der Waals surface area contributed by atoms with Crippen LogP contribution in [0.2, 0.25) is 10.2 Å². The molecule has 0 amide bonds. The van der Waals surface area contributed by atoms with E-state index in [1.165, 1.54) is 12.8 Å². The summed E-state index contributed by atoms with van der Waals surface area (Å²) in [5.41, 5.74) is 1.00. The van der Waals surface area contributed by atoms with E-state index in [0.29, 0.717) is 16.2 Å². The quantitative estimate of drug-likeness (QED) is 0.776. The highest BCUT2D eigenvalue weighted by Gasteiger charge is 2.29. The minimum absolute atomic E-state index is 0.428. The molecular weight excluding hydrogens is 283 g/mol. The summed E-state index contributed by atoms with van der Waals surface area (Å²) in [5, 5.41) is 1.10. The Morgan fingerprint density at radius 1 is 1.32 bits per heavy atom. The summed E-state index contributed by atoms with van der Waals surface area (Å²) in [6.07, 6.45) is 5.93. The number of hydrogen-bond acceptors (Lipinski definition) is 3. The second-order valence-corrected chi connectivity index (χ2v) is 5.61. The van der Waals surface area contributed by atoms with Gasteiger partial charge in [-0.1, -0.05) is 23.2 Å². The Labute approximate surface area is 122 Å². The summed E-state index contributed by atoms with van der Waals surface area (Å²) in [6.45, 7) is 1.57. The second-order valence-electron chi connectivity index (χ2n) is 4.81. The Bertz CT molecular complexity index is 553. The van der Waals surface area contributed by atoms with Crippen LogP contribution in [0.4, 0.5) is 0 Å². The predicted molar refractivity (Wildman–Crippen MR) is 75.2 cm³/mol. The normalized spacial score (nSPS) is 15.1. The maximum Gasteiger partial charge on any atom is 0.130 e. The van der Waals surface area contributed by atoms with Crippen molar-refractivity contribution in [3.8, 4) is 0 Å². The van der Waals surface area contributed by atoms with Crippen LogP contribution in [0.3, 0.4) is 0 Å². The van der Waals surface area contributed by atoms with E-state index in [2.05, 4.69) is 9.88 Å². The predicted octanol–water partition coefficient (Wildman–Crippen LogP) is 4.15. The maximum atomic E-state index is 6.21. The first-order valence-electron chi connectivity index (χ1n) is 6.29. The third-order valence-corrected chi connectivity index (χ3v) is 3.83. The lowest BCUT2D eigenvalue weighted by Gasteiger charge is -2.21. The molecule has 0 radical (unpaired) electrons. The molecule has 19 heavy (non-hydrogen) atoms. The molecule has 100 valence electrons. The van der Waals surface area contributed by atoms with Crippen molar-refractivity contribution in [1.29, 1.82) is 0 Å². The van der Waals surface area contributed by atoms with Crippen LogP contribution in [0, 0.1) is 0 Å². The highest BCUT2D eigenvalue weighted by molar-refractivity contribution is 6.34. The Kier molecular flexibility index (Phi) is 3.78. The molecule has 2 aromatic heterocycles. The number of pyridine rings is 1. The molecule has 3 nitrogen and oxygen atoms in total. The van der Waals surface area contributed by atoms with Crippen LogP contribution >= 0.6 is 23.2 Å². The highest BCUT2D eigenvalue weighted by Crippen LogP contribution is 2.31. The lowest BCUT2D eigenvalue weighted by atomic mass is 10.2. The summed E-state index contributed by atoms with van der Waals surface area (Å²) in [4.78, 5) is 6.47. The van der Waals surface area contributed by atoms with E-state index in [0.717, 1.165) is 24.4 Å². The van der Waals surface area contributed by atoms with Crippen LogP contribution in [-0.2, 0) is 13.1 Å². The van der Waals surface area contributed by atoms with Crippen LogP contribution in [0.5, 0.6) is 0 Å². The van der Waals surface area contributed by atoms with Crippen molar-refractivity contribution in [2.45, 2.75) is 32.0 Å². The van der Waals surface area contributed by atoms with Gasteiger partial charge >= 0.3 is 0 Å². The first-order chi connectivity index (χ1) is 9.22. The Morgan fingerprint density at radius 3 is 2.79 bits per heavy atom. The van der Waals surface area contributed by atoms with E-state index in [9.17, 15) is 0 Å².